The molecule has 0 bridgehead atoms. The van der Waals surface area contributed by atoms with Gasteiger partial charge >= 0.3 is 0 Å². The van der Waals surface area contributed by atoms with Crippen LogP contribution in [0.15, 0.2) is 36.4 Å². The molecular formula is C20H23NO4. The van der Waals surface area contributed by atoms with E-state index in [9.17, 15) is 0 Å². The van der Waals surface area contributed by atoms with Gasteiger partial charge in [0.15, 0.2) is 23.0 Å². The lowest BCUT2D eigenvalue weighted by Gasteiger charge is -2.21. The lowest BCUT2D eigenvalue weighted by molar-refractivity contribution is 0.171. The first kappa shape index (κ1) is 16.1. The van der Waals surface area contributed by atoms with E-state index in [0.29, 0.717) is 33.0 Å². The summed E-state index contributed by atoms with van der Waals surface area (Å²) in [4.78, 5) is 0. The summed E-state index contributed by atoms with van der Waals surface area (Å²) in [6.07, 6.45) is 0.912. The molecule has 2 aliphatic heterocycles. The number of benzene rings is 2. The van der Waals surface area contributed by atoms with Crippen molar-refractivity contribution < 1.29 is 18.9 Å². The van der Waals surface area contributed by atoms with Crippen molar-refractivity contribution in [3.05, 3.63) is 47.5 Å². The molecule has 0 radical (unpaired) electrons. The van der Waals surface area contributed by atoms with Gasteiger partial charge in [0, 0.05) is 24.6 Å². The first-order valence-electron chi connectivity index (χ1n) is 8.82. The number of hydrogen-bond donors (Lipinski definition) is 1. The summed E-state index contributed by atoms with van der Waals surface area (Å²) >= 11 is 0. The molecule has 4 rings (SSSR count). The fraction of sp³-hybridized carbons (Fsp3) is 0.400. The number of ether oxygens (including phenoxy) is 4. The third-order valence-electron chi connectivity index (χ3n) is 4.52. The molecule has 2 aromatic carbocycles. The Morgan fingerprint density at radius 1 is 0.880 bits per heavy atom. The first-order chi connectivity index (χ1) is 12.3. The van der Waals surface area contributed by atoms with Crippen molar-refractivity contribution in [1.29, 1.82) is 0 Å². The summed E-state index contributed by atoms with van der Waals surface area (Å²) in [5, 5.41) is 3.56. The van der Waals surface area contributed by atoms with E-state index in [1.807, 2.05) is 18.2 Å². The second-order valence-corrected chi connectivity index (χ2v) is 6.30. The summed E-state index contributed by atoms with van der Waals surface area (Å²) < 4.78 is 22.9. The normalized spacial score (nSPS) is 16.8. The summed E-state index contributed by atoms with van der Waals surface area (Å²) in [6.45, 7) is 5.47. The van der Waals surface area contributed by atoms with Crippen LogP contribution in [0.2, 0.25) is 0 Å². The number of para-hydroxylation sites is 1. The van der Waals surface area contributed by atoms with E-state index < -0.39 is 0 Å². The van der Waals surface area contributed by atoms with Crippen molar-refractivity contribution in [3.8, 4) is 23.0 Å². The molecule has 1 N–H and O–H groups in total. The van der Waals surface area contributed by atoms with Gasteiger partial charge in [-0.15, -0.1) is 0 Å². The average Bonchev–Trinajstić information content (AvgIpc) is 2.91. The Bertz CT molecular complexity index is 746. The van der Waals surface area contributed by atoms with Crippen LogP contribution >= 0.6 is 0 Å². The molecule has 25 heavy (non-hydrogen) atoms. The third-order valence-corrected chi connectivity index (χ3v) is 4.52. The lowest BCUT2D eigenvalue weighted by atomic mass is 10.1. The second-order valence-electron chi connectivity index (χ2n) is 6.30. The summed E-state index contributed by atoms with van der Waals surface area (Å²) in [5.41, 5.74) is 2.28. The van der Waals surface area contributed by atoms with Gasteiger partial charge in [-0.2, -0.15) is 0 Å². The zero-order chi connectivity index (χ0) is 17.1. The predicted molar refractivity (Wildman–Crippen MR) is 94.7 cm³/mol. The Kier molecular flexibility index (Phi) is 4.65. The monoisotopic (exact) mass is 341 g/mol. The maximum absolute atomic E-state index is 5.89. The summed E-state index contributed by atoms with van der Waals surface area (Å²) in [6, 6.07) is 12.4. The Morgan fingerprint density at radius 2 is 1.68 bits per heavy atom. The molecule has 0 spiro atoms. The quantitative estimate of drug-likeness (QED) is 0.923. The highest BCUT2D eigenvalue weighted by Gasteiger charge is 2.17. The molecule has 1 atom stereocenters. The van der Waals surface area contributed by atoms with Crippen molar-refractivity contribution in [2.45, 2.75) is 25.9 Å². The van der Waals surface area contributed by atoms with Gasteiger partial charge in [0.2, 0.25) is 0 Å². The van der Waals surface area contributed by atoms with Crippen molar-refractivity contribution in [1.82, 2.24) is 5.32 Å². The molecule has 1 unspecified atom stereocenters. The molecular weight excluding hydrogens is 318 g/mol. The van der Waals surface area contributed by atoms with Crippen LogP contribution in [0.5, 0.6) is 23.0 Å². The minimum atomic E-state index is 0.179. The topological polar surface area (TPSA) is 49.0 Å². The highest BCUT2D eigenvalue weighted by molar-refractivity contribution is 5.47. The highest BCUT2D eigenvalue weighted by Crippen LogP contribution is 2.35. The largest absolute Gasteiger partial charge is 0.490 e. The van der Waals surface area contributed by atoms with Crippen molar-refractivity contribution in [2.75, 3.05) is 26.4 Å². The average molecular weight is 341 g/mol. The molecule has 2 aliphatic rings. The smallest absolute Gasteiger partial charge is 0.165 e. The Labute approximate surface area is 147 Å². The van der Waals surface area contributed by atoms with Crippen LogP contribution < -0.4 is 24.3 Å². The van der Waals surface area contributed by atoms with Gasteiger partial charge < -0.3 is 24.3 Å². The standard InChI is InChI=1S/C20H23NO4/c1-14(15-6-7-17-19(12-15)24-11-10-23-17)21-13-16-4-2-5-18-20(16)25-9-3-8-22-18/h2,4-7,12,14,21H,3,8-11,13H2,1H3. The Balaban J connectivity index is 1.46. The molecule has 5 heteroatoms. The SMILES string of the molecule is CC(NCc1cccc2c1OCCCO2)c1ccc2c(c1)OCCO2. The van der Waals surface area contributed by atoms with E-state index in [0.717, 1.165) is 35.0 Å². The molecule has 0 aliphatic carbocycles. The van der Waals surface area contributed by atoms with Crippen molar-refractivity contribution in [2.24, 2.45) is 0 Å². The number of hydrogen-bond acceptors (Lipinski definition) is 5. The predicted octanol–water partition coefficient (Wildman–Crippen LogP) is 3.47. The van der Waals surface area contributed by atoms with Crippen LogP contribution in [0, 0.1) is 0 Å². The van der Waals surface area contributed by atoms with E-state index in [-0.39, 0.29) is 6.04 Å². The van der Waals surface area contributed by atoms with Gasteiger partial charge in [-0.3, -0.25) is 0 Å². The van der Waals surface area contributed by atoms with Gasteiger partial charge in [0.1, 0.15) is 13.2 Å². The van der Waals surface area contributed by atoms with Crippen molar-refractivity contribution >= 4 is 0 Å². The second kappa shape index (κ2) is 7.23. The Morgan fingerprint density at radius 3 is 2.60 bits per heavy atom. The Hall–Kier alpha value is -2.40. The van der Waals surface area contributed by atoms with E-state index in [4.69, 9.17) is 18.9 Å². The van der Waals surface area contributed by atoms with E-state index >= 15 is 0 Å². The molecule has 132 valence electrons. The summed E-state index contributed by atoms with van der Waals surface area (Å²) in [5.74, 6) is 3.34. The van der Waals surface area contributed by atoms with Crippen molar-refractivity contribution in [3.63, 3.8) is 0 Å². The molecule has 0 saturated carbocycles. The lowest BCUT2D eigenvalue weighted by Crippen LogP contribution is -2.20. The maximum atomic E-state index is 5.89. The van der Waals surface area contributed by atoms with Gasteiger partial charge in [-0.05, 0) is 30.7 Å². The van der Waals surface area contributed by atoms with Crippen LogP contribution in [0.25, 0.3) is 0 Å². The van der Waals surface area contributed by atoms with Crippen LogP contribution in [-0.4, -0.2) is 26.4 Å². The van der Waals surface area contributed by atoms with Crippen LogP contribution in [-0.2, 0) is 6.54 Å². The fourth-order valence-electron chi connectivity index (χ4n) is 3.10. The van der Waals surface area contributed by atoms with Gasteiger partial charge in [0.25, 0.3) is 0 Å². The summed E-state index contributed by atoms with van der Waals surface area (Å²) in [7, 11) is 0. The molecule has 0 saturated heterocycles. The highest BCUT2D eigenvalue weighted by atomic mass is 16.6. The molecule has 2 heterocycles. The third kappa shape index (κ3) is 3.51. The first-order valence-corrected chi connectivity index (χ1v) is 8.82. The van der Waals surface area contributed by atoms with E-state index in [1.165, 1.54) is 5.56 Å². The zero-order valence-electron chi connectivity index (χ0n) is 14.4. The number of nitrogens with one attached hydrogen (secondary N) is 1. The zero-order valence-corrected chi connectivity index (χ0v) is 14.4. The van der Waals surface area contributed by atoms with E-state index in [1.54, 1.807) is 0 Å². The number of rotatable bonds is 4. The van der Waals surface area contributed by atoms with Gasteiger partial charge in [-0.1, -0.05) is 18.2 Å². The van der Waals surface area contributed by atoms with Crippen LogP contribution in [0.1, 0.15) is 30.5 Å². The van der Waals surface area contributed by atoms with E-state index in [2.05, 4.69) is 30.4 Å². The molecule has 2 aromatic rings. The molecule has 0 fully saturated rings. The number of fused-ring (bicyclic) bond motifs is 2. The minimum absolute atomic E-state index is 0.179. The van der Waals surface area contributed by atoms with Crippen LogP contribution in [0.3, 0.4) is 0 Å². The molecule has 0 aromatic heterocycles. The molecule has 5 nitrogen and oxygen atoms in total. The minimum Gasteiger partial charge on any atom is -0.490 e. The van der Waals surface area contributed by atoms with Gasteiger partial charge in [0.05, 0.1) is 13.2 Å². The van der Waals surface area contributed by atoms with Gasteiger partial charge in [-0.25, -0.2) is 0 Å². The maximum Gasteiger partial charge on any atom is 0.165 e. The fourth-order valence-corrected chi connectivity index (χ4v) is 3.10. The molecule has 0 amide bonds. The van der Waals surface area contributed by atoms with Crippen LogP contribution in [0.4, 0.5) is 0 Å².